The van der Waals surface area contributed by atoms with Gasteiger partial charge in [-0.25, -0.2) is 0 Å². The van der Waals surface area contributed by atoms with Gasteiger partial charge in [-0.05, 0) is 18.6 Å². The molecule has 14 heavy (non-hydrogen) atoms. The highest BCUT2D eigenvalue weighted by Gasteiger charge is 1.87. The zero-order valence-electron chi connectivity index (χ0n) is 8.03. The van der Waals surface area contributed by atoms with Crippen molar-refractivity contribution in [3.05, 3.63) is 30.3 Å². The van der Waals surface area contributed by atoms with Crippen molar-refractivity contribution < 1.29 is 9.90 Å². The lowest BCUT2D eigenvalue weighted by Crippen LogP contribution is -1.90. The van der Waals surface area contributed by atoms with Crippen LogP contribution in [0.15, 0.2) is 30.3 Å². The van der Waals surface area contributed by atoms with Crippen LogP contribution in [0.4, 0.5) is 5.69 Å². The number of anilines is 1. The van der Waals surface area contributed by atoms with Crippen LogP contribution in [0.2, 0.25) is 0 Å². The molecule has 0 aliphatic heterocycles. The first kappa shape index (κ1) is 12.8. The minimum Gasteiger partial charge on any atom is -0.481 e. The molecule has 0 radical (unpaired) electrons. The summed E-state index contributed by atoms with van der Waals surface area (Å²) in [6.45, 7) is 1.84. The topological polar surface area (TPSA) is 49.3 Å². The number of nitrogens with one attached hydrogen (secondary N) is 1. The number of carboxylic acid groups (broad SMARTS) is 1. The zero-order chi connectivity index (χ0) is 10.8. The molecule has 2 N–H and O–H groups in total. The highest BCUT2D eigenvalue weighted by atomic mass is 35.5. The van der Waals surface area contributed by atoms with E-state index in [1.807, 2.05) is 37.3 Å². The van der Waals surface area contributed by atoms with E-state index < -0.39 is 5.97 Å². The maximum atomic E-state index is 9.60. The number of carboxylic acids is 1. The number of hydrogen-bond acceptors (Lipinski definition) is 2. The standard InChI is InChI=1S/C6H6ClN.C4H8O2/c7-8-6-4-2-1-3-5-6;1-2-3-4(5)6/h1-5,8H;2-3H2,1H3,(H,5,6). The van der Waals surface area contributed by atoms with E-state index in [1.165, 1.54) is 0 Å². The molecular weight excluding hydrogens is 202 g/mol. The summed E-state index contributed by atoms with van der Waals surface area (Å²) in [5.41, 5.74) is 0.925. The van der Waals surface area contributed by atoms with Crippen LogP contribution in [-0.4, -0.2) is 11.1 Å². The van der Waals surface area contributed by atoms with Crippen molar-refractivity contribution in [2.24, 2.45) is 0 Å². The fourth-order valence-electron chi connectivity index (χ4n) is 0.715. The first-order valence-corrected chi connectivity index (χ1v) is 4.72. The van der Waals surface area contributed by atoms with Crippen molar-refractivity contribution in [2.45, 2.75) is 19.8 Å². The lowest BCUT2D eigenvalue weighted by atomic mass is 10.3. The average molecular weight is 216 g/mol. The SMILES string of the molecule is CCCC(=O)O.ClNc1ccccc1. The number of halogens is 1. The summed E-state index contributed by atoms with van der Waals surface area (Å²) in [6, 6.07) is 9.58. The smallest absolute Gasteiger partial charge is 0.303 e. The molecule has 0 aliphatic carbocycles. The van der Waals surface area contributed by atoms with Crippen LogP contribution in [0.1, 0.15) is 19.8 Å². The van der Waals surface area contributed by atoms with E-state index in [0.717, 1.165) is 12.1 Å². The molecule has 1 aromatic rings. The molecule has 0 heterocycles. The highest BCUT2D eigenvalue weighted by molar-refractivity contribution is 6.23. The Labute approximate surface area is 88.8 Å². The second kappa shape index (κ2) is 8.38. The third-order valence-corrected chi connectivity index (χ3v) is 1.56. The lowest BCUT2D eigenvalue weighted by Gasteiger charge is -1.91. The van der Waals surface area contributed by atoms with E-state index in [1.54, 1.807) is 0 Å². The van der Waals surface area contributed by atoms with Crippen LogP contribution in [-0.2, 0) is 4.79 Å². The highest BCUT2D eigenvalue weighted by Crippen LogP contribution is 2.04. The summed E-state index contributed by atoms with van der Waals surface area (Å²) in [7, 11) is 0. The van der Waals surface area contributed by atoms with Crippen LogP contribution in [0.3, 0.4) is 0 Å². The molecule has 0 aliphatic rings. The van der Waals surface area contributed by atoms with Gasteiger partial charge in [0, 0.05) is 23.9 Å². The quantitative estimate of drug-likeness (QED) is 0.762. The summed E-state index contributed by atoms with van der Waals surface area (Å²) in [6.07, 6.45) is 1.02. The first-order chi connectivity index (χ1) is 6.70. The van der Waals surface area contributed by atoms with Gasteiger partial charge in [0.2, 0.25) is 0 Å². The molecule has 1 aromatic carbocycles. The molecule has 0 amide bonds. The Morgan fingerprint density at radius 1 is 1.43 bits per heavy atom. The summed E-state index contributed by atoms with van der Waals surface area (Å²) in [5.74, 6) is -0.711. The van der Waals surface area contributed by atoms with Crippen molar-refractivity contribution in [1.82, 2.24) is 0 Å². The van der Waals surface area contributed by atoms with Crippen LogP contribution in [0.5, 0.6) is 0 Å². The number of hydrogen-bond donors (Lipinski definition) is 2. The van der Waals surface area contributed by atoms with Crippen molar-refractivity contribution in [3.8, 4) is 0 Å². The summed E-state index contributed by atoms with van der Waals surface area (Å²) >= 11 is 5.28. The van der Waals surface area contributed by atoms with Crippen molar-refractivity contribution >= 4 is 23.4 Å². The van der Waals surface area contributed by atoms with Gasteiger partial charge in [-0.2, -0.15) is 0 Å². The summed E-state index contributed by atoms with van der Waals surface area (Å²) in [5, 5.41) is 7.91. The van der Waals surface area contributed by atoms with Gasteiger partial charge < -0.3 is 5.11 Å². The summed E-state index contributed by atoms with van der Waals surface area (Å²) < 4.78 is 0. The Hall–Kier alpha value is -1.22. The van der Waals surface area contributed by atoms with Gasteiger partial charge in [0.15, 0.2) is 0 Å². The molecule has 0 saturated carbocycles. The van der Waals surface area contributed by atoms with E-state index in [9.17, 15) is 4.79 Å². The van der Waals surface area contributed by atoms with Gasteiger partial charge in [-0.3, -0.25) is 9.63 Å². The predicted octanol–water partition coefficient (Wildman–Crippen LogP) is 3.12. The average Bonchev–Trinajstić information content (AvgIpc) is 2.20. The Kier molecular flexibility index (Phi) is 7.65. The predicted molar refractivity (Wildman–Crippen MR) is 58.5 cm³/mol. The minimum atomic E-state index is -0.711. The number of carbonyl (C=O) groups is 1. The zero-order valence-corrected chi connectivity index (χ0v) is 8.79. The molecule has 0 aromatic heterocycles. The molecule has 4 heteroatoms. The number of rotatable bonds is 3. The van der Waals surface area contributed by atoms with Gasteiger partial charge in [0.05, 0.1) is 0 Å². The van der Waals surface area contributed by atoms with E-state index >= 15 is 0 Å². The third kappa shape index (κ3) is 7.43. The Bertz CT molecular complexity index is 252. The van der Waals surface area contributed by atoms with Crippen LogP contribution < -0.4 is 4.84 Å². The first-order valence-electron chi connectivity index (χ1n) is 4.34. The van der Waals surface area contributed by atoms with Crippen LogP contribution >= 0.6 is 11.8 Å². The Balaban J connectivity index is 0.000000255. The molecule has 0 saturated heterocycles. The van der Waals surface area contributed by atoms with E-state index in [2.05, 4.69) is 4.84 Å². The molecular formula is C10H14ClNO2. The second-order valence-corrected chi connectivity index (χ2v) is 2.79. The van der Waals surface area contributed by atoms with Crippen LogP contribution in [0.25, 0.3) is 0 Å². The number of para-hydroxylation sites is 1. The fourth-order valence-corrected chi connectivity index (χ4v) is 0.841. The lowest BCUT2D eigenvalue weighted by molar-refractivity contribution is -0.137. The molecule has 1 rings (SSSR count). The van der Waals surface area contributed by atoms with Gasteiger partial charge in [-0.1, -0.05) is 25.1 Å². The van der Waals surface area contributed by atoms with E-state index in [-0.39, 0.29) is 0 Å². The maximum Gasteiger partial charge on any atom is 0.303 e. The third-order valence-electron chi connectivity index (χ3n) is 1.35. The molecule has 78 valence electrons. The molecule has 3 nitrogen and oxygen atoms in total. The Morgan fingerprint density at radius 2 is 2.00 bits per heavy atom. The summed E-state index contributed by atoms with van der Waals surface area (Å²) in [4.78, 5) is 12.1. The molecule has 0 atom stereocenters. The maximum absolute atomic E-state index is 9.60. The normalized spacial score (nSPS) is 8.43. The monoisotopic (exact) mass is 215 g/mol. The molecule has 0 spiro atoms. The van der Waals surface area contributed by atoms with Gasteiger partial charge in [0.25, 0.3) is 0 Å². The molecule has 0 fully saturated rings. The number of aliphatic carboxylic acids is 1. The van der Waals surface area contributed by atoms with Gasteiger partial charge in [0.1, 0.15) is 0 Å². The van der Waals surface area contributed by atoms with Gasteiger partial charge >= 0.3 is 5.97 Å². The molecule has 0 bridgehead atoms. The number of benzene rings is 1. The molecule has 0 unspecified atom stereocenters. The van der Waals surface area contributed by atoms with Crippen LogP contribution in [0, 0.1) is 0 Å². The van der Waals surface area contributed by atoms with Gasteiger partial charge in [-0.15, -0.1) is 0 Å². The van der Waals surface area contributed by atoms with E-state index in [0.29, 0.717) is 6.42 Å². The van der Waals surface area contributed by atoms with Crippen molar-refractivity contribution in [3.63, 3.8) is 0 Å². The largest absolute Gasteiger partial charge is 0.481 e. The van der Waals surface area contributed by atoms with Crippen molar-refractivity contribution in [1.29, 1.82) is 0 Å². The van der Waals surface area contributed by atoms with E-state index in [4.69, 9.17) is 16.9 Å². The van der Waals surface area contributed by atoms with Crippen molar-refractivity contribution in [2.75, 3.05) is 4.84 Å². The minimum absolute atomic E-state index is 0.292. The second-order valence-electron chi connectivity index (χ2n) is 2.60. The fraction of sp³-hybridized carbons (Fsp3) is 0.300. The Morgan fingerprint density at radius 3 is 2.21 bits per heavy atom.